The van der Waals surface area contributed by atoms with Crippen molar-refractivity contribution in [1.82, 2.24) is 15.1 Å². The number of rotatable bonds is 5. The fourth-order valence-corrected chi connectivity index (χ4v) is 2.57. The van der Waals surface area contributed by atoms with E-state index < -0.39 is 0 Å². The molecule has 102 valence electrons. The van der Waals surface area contributed by atoms with Gasteiger partial charge in [-0.3, -0.25) is 4.68 Å². The highest BCUT2D eigenvalue weighted by Gasteiger charge is 2.20. The van der Waals surface area contributed by atoms with Gasteiger partial charge in [0.2, 0.25) is 0 Å². The summed E-state index contributed by atoms with van der Waals surface area (Å²) in [4.78, 5) is 0. The maximum atomic E-state index is 13.7. The molecule has 2 rings (SSSR count). The summed E-state index contributed by atoms with van der Waals surface area (Å²) in [7, 11) is 1.89. The van der Waals surface area contributed by atoms with E-state index >= 15 is 0 Å². The number of nitrogens with one attached hydrogen (secondary N) is 1. The third-order valence-corrected chi connectivity index (χ3v) is 3.88. The van der Waals surface area contributed by atoms with Crippen molar-refractivity contribution in [1.29, 1.82) is 0 Å². The highest BCUT2D eigenvalue weighted by molar-refractivity contribution is 9.10. The standard InChI is InChI=1S/C14H17BrFN3/c1-3-8-17-14(12-7-9-18-19(12)2)10-5-4-6-11(16)13(10)15/h4-7,9,14,17H,3,8H2,1-2H3. The summed E-state index contributed by atoms with van der Waals surface area (Å²) >= 11 is 3.34. The molecule has 2 aromatic rings. The zero-order valence-electron chi connectivity index (χ0n) is 11.0. The normalized spacial score (nSPS) is 12.6. The van der Waals surface area contributed by atoms with Gasteiger partial charge in [0.05, 0.1) is 16.2 Å². The Labute approximate surface area is 121 Å². The van der Waals surface area contributed by atoms with Crippen molar-refractivity contribution in [2.24, 2.45) is 7.05 Å². The van der Waals surface area contributed by atoms with Crippen molar-refractivity contribution in [3.8, 4) is 0 Å². The lowest BCUT2D eigenvalue weighted by atomic mass is 10.0. The molecule has 0 saturated heterocycles. The molecule has 0 radical (unpaired) electrons. The van der Waals surface area contributed by atoms with Crippen LogP contribution >= 0.6 is 15.9 Å². The minimum Gasteiger partial charge on any atom is -0.305 e. The maximum Gasteiger partial charge on any atom is 0.137 e. The van der Waals surface area contributed by atoms with Gasteiger partial charge >= 0.3 is 0 Å². The molecule has 19 heavy (non-hydrogen) atoms. The second kappa shape index (κ2) is 6.30. The van der Waals surface area contributed by atoms with E-state index in [9.17, 15) is 4.39 Å². The predicted octanol–water partition coefficient (Wildman–Crippen LogP) is 3.41. The van der Waals surface area contributed by atoms with E-state index in [1.807, 2.05) is 23.9 Å². The summed E-state index contributed by atoms with van der Waals surface area (Å²) in [5.41, 5.74) is 1.90. The molecule has 0 aliphatic rings. The molecule has 1 aromatic heterocycles. The van der Waals surface area contributed by atoms with Crippen LogP contribution < -0.4 is 5.32 Å². The summed E-state index contributed by atoms with van der Waals surface area (Å²) in [6.45, 7) is 2.97. The first kappa shape index (κ1) is 14.2. The van der Waals surface area contributed by atoms with Gasteiger partial charge in [-0.2, -0.15) is 5.10 Å². The third kappa shape index (κ3) is 3.04. The molecule has 1 unspecified atom stereocenters. The Morgan fingerprint density at radius 3 is 2.84 bits per heavy atom. The molecule has 0 spiro atoms. The first-order valence-electron chi connectivity index (χ1n) is 6.30. The minimum absolute atomic E-state index is 0.0717. The maximum absolute atomic E-state index is 13.7. The molecule has 1 heterocycles. The van der Waals surface area contributed by atoms with Gasteiger partial charge in [-0.05, 0) is 46.6 Å². The van der Waals surface area contributed by atoms with Crippen LogP contribution in [0.5, 0.6) is 0 Å². The summed E-state index contributed by atoms with van der Waals surface area (Å²) in [6, 6.07) is 6.98. The first-order chi connectivity index (χ1) is 9.15. The summed E-state index contributed by atoms with van der Waals surface area (Å²) in [5, 5.41) is 7.63. The number of halogens is 2. The van der Waals surface area contributed by atoms with Crippen molar-refractivity contribution in [3.05, 3.63) is 52.0 Å². The van der Waals surface area contributed by atoms with Crippen LogP contribution in [0.3, 0.4) is 0 Å². The van der Waals surface area contributed by atoms with Crippen LogP contribution in [-0.4, -0.2) is 16.3 Å². The molecule has 1 N–H and O–H groups in total. The van der Waals surface area contributed by atoms with Crippen LogP contribution in [0.4, 0.5) is 4.39 Å². The summed E-state index contributed by atoms with van der Waals surface area (Å²) in [6.07, 6.45) is 2.77. The number of nitrogens with zero attached hydrogens (tertiary/aromatic N) is 2. The average molecular weight is 326 g/mol. The van der Waals surface area contributed by atoms with Crippen LogP contribution in [0.1, 0.15) is 30.6 Å². The lowest BCUT2D eigenvalue weighted by Crippen LogP contribution is -2.25. The number of aryl methyl sites for hydroxylation is 1. The molecule has 0 amide bonds. The van der Waals surface area contributed by atoms with Gasteiger partial charge < -0.3 is 5.32 Å². The summed E-state index contributed by atoms with van der Waals surface area (Å²) in [5.74, 6) is -0.247. The molecule has 0 saturated carbocycles. The van der Waals surface area contributed by atoms with Crippen molar-refractivity contribution >= 4 is 15.9 Å². The fraction of sp³-hybridized carbons (Fsp3) is 0.357. The van der Waals surface area contributed by atoms with E-state index in [2.05, 4.69) is 33.3 Å². The monoisotopic (exact) mass is 325 g/mol. The van der Waals surface area contributed by atoms with Gasteiger partial charge in [-0.1, -0.05) is 19.1 Å². The highest BCUT2D eigenvalue weighted by atomic mass is 79.9. The van der Waals surface area contributed by atoms with Crippen LogP contribution in [0.25, 0.3) is 0 Å². The molecule has 5 heteroatoms. The lowest BCUT2D eigenvalue weighted by molar-refractivity contribution is 0.545. The van der Waals surface area contributed by atoms with E-state index in [0.29, 0.717) is 4.47 Å². The molecule has 0 bridgehead atoms. The average Bonchev–Trinajstić information content (AvgIpc) is 2.81. The van der Waals surface area contributed by atoms with E-state index in [-0.39, 0.29) is 11.9 Å². The molecule has 1 aromatic carbocycles. The zero-order chi connectivity index (χ0) is 13.8. The number of hydrogen-bond acceptors (Lipinski definition) is 2. The Balaban J connectivity index is 2.43. The van der Waals surface area contributed by atoms with Crippen LogP contribution in [-0.2, 0) is 7.05 Å². The smallest absolute Gasteiger partial charge is 0.137 e. The topological polar surface area (TPSA) is 29.9 Å². The number of aromatic nitrogens is 2. The van der Waals surface area contributed by atoms with Crippen LogP contribution in [0, 0.1) is 5.82 Å². The molecule has 0 fully saturated rings. The fourth-order valence-electron chi connectivity index (χ4n) is 2.07. The van der Waals surface area contributed by atoms with Crippen LogP contribution in [0.2, 0.25) is 0 Å². The summed E-state index contributed by atoms with van der Waals surface area (Å²) < 4.78 is 16.0. The van der Waals surface area contributed by atoms with Crippen molar-refractivity contribution in [2.75, 3.05) is 6.54 Å². The minimum atomic E-state index is -0.247. The van der Waals surface area contributed by atoms with Gasteiger partial charge in [0.15, 0.2) is 0 Å². The third-order valence-electron chi connectivity index (χ3n) is 3.05. The van der Waals surface area contributed by atoms with Crippen LogP contribution in [0.15, 0.2) is 34.9 Å². The molecule has 3 nitrogen and oxygen atoms in total. The predicted molar refractivity (Wildman–Crippen MR) is 77.4 cm³/mol. The van der Waals surface area contributed by atoms with E-state index in [0.717, 1.165) is 24.2 Å². The van der Waals surface area contributed by atoms with Crippen molar-refractivity contribution in [3.63, 3.8) is 0 Å². The van der Waals surface area contributed by atoms with Gasteiger partial charge in [-0.25, -0.2) is 4.39 Å². The van der Waals surface area contributed by atoms with Gasteiger partial charge in [0, 0.05) is 13.2 Å². The van der Waals surface area contributed by atoms with Gasteiger partial charge in [0.1, 0.15) is 5.82 Å². The Morgan fingerprint density at radius 1 is 1.42 bits per heavy atom. The molecule has 1 atom stereocenters. The first-order valence-corrected chi connectivity index (χ1v) is 7.09. The molecular formula is C14H17BrFN3. The lowest BCUT2D eigenvalue weighted by Gasteiger charge is -2.20. The Morgan fingerprint density at radius 2 is 2.21 bits per heavy atom. The molecule has 0 aliphatic heterocycles. The Kier molecular flexibility index (Phi) is 4.71. The quantitative estimate of drug-likeness (QED) is 0.912. The SMILES string of the molecule is CCCNC(c1cccc(F)c1Br)c1ccnn1C. The van der Waals surface area contributed by atoms with Crippen molar-refractivity contribution < 1.29 is 4.39 Å². The van der Waals surface area contributed by atoms with Crippen molar-refractivity contribution in [2.45, 2.75) is 19.4 Å². The second-order valence-electron chi connectivity index (χ2n) is 4.41. The highest BCUT2D eigenvalue weighted by Crippen LogP contribution is 2.30. The zero-order valence-corrected chi connectivity index (χ0v) is 12.6. The van der Waals surface area contributed by atoms with E-state index in [1.165, 1.54) is 6.07 Å². The van der Waals surface area contributed by atoms with E-state index in [1.54, 1.807) is 12.3 Å². The molecular weight excluding hydrogens is 309 g/mol. The van der Waals surface area contributed by atoms with E-state index in [4.69, 9.17) is 0 Å². The van der Waals surface area contributed by atoms with Gasteiger partial charge in [-0.15, -0.1) is 0 Å². The molecule has 0 aliphatic carbocycles. The number of benzene rings is 1. The largest absolute Gasteiger partial charge is 0.305 e. The number of hydrogen-bond donors (Lipinski definition) is 1. The van der Waals surface area contributed by atoms with Gasteiger partial charge in [0.25, 0.3) is 0 Å². The Bertz CT molecular complexity index is 553. The Hall–Kier alpha value is -1.20. The second-order valence-corrected chi connectivity index (χ2v) is 5.20.